The lowest BCUT2D eigenvalue weighted by atomic mass is 10.2. The molecular formula is C21H17Cl2FN4O2S. The topological polar surface area (TPSA) is 60.2 Å². The molecule has 0 spiro atoms. The number of aromatic nitrogens is 3. The van der Waals surface area contributed by atoms with E-state index in [4.69, 9.17) is 27.9 Å². The van der Waals surface area contributed by atoms with Gasteiger partial charge in [-0.05, 0) is 30.7 Å². The molecule has 0 aliphatic rings. The van der Waals surface area contributed by atoms with Gasteiger partial charge in [0, 0.05) is 25.5 Å². The van der Waals surface area contributed by atoms with Crippen molar-refractivity contribution in [3.8, 4) is 5.75 Å². The molecule has 0 atom stereocenters. The zero-order valence-corrected chi connectivity index (χ0v) is 18.7. The highest BCUT2D eigenvalue weighted by atomic mass is 35.5. The molecule has 4 aromatic rings. The van der Waals surface area contributed by atoms with Crippen LogP contribution >= 0.6 is 34.5 Å². The Labute approximate surface area is 191 Å². The molecule has 0 saturated heterocycles. The van der Waals surface area contributed by atoms with E-state index in [0.717, 1.165) is 0 Å². The number of imidazole rings is 1. The predicted molar refractivity (Wildman–Crippen MR) is 121 cm³/mol. The van der Waals surface area contributed by atoms with Gasteiger partial charge >= 0.3 is 0 Å². The summed E-state index contributed by atoms with van der Waals surface area (Å²) in [6.45, 7) is 0.922. The molecule has 0 fully saturated rings. The molecule has 0 unspecified atom stereocenters. The third-order valence-electron chi connectivity index (χ3n) is 4.68. The van der Waals surface area contributed by atoms with Crippen LogP contribution in [0.3, 0.4) is 0 Å². The lowest BCUT2D eigenvalue weighted by Crippen LogP contribution is -2.33. The number of benzene rings is 2. The maximum atomic E-state index is 14.5. The van der Waals surface area contributed by atoms with Crippen molar-refractivity contribution in [1.82, 2.24) is 14.5 Å². The standard InChI is InChI=1S/C21H17Cl2FN4O2S/c1-30-16-7-6-14(23)19-18(16)26-21(31-19)28(10-3-9-27-11-8-25-12-27)20(29)17-13(22)4-2-5-15(17)24/h2,4-8,11-12H,3,9-10H2,1H3. The second-order valence-corrected chi connectivity index (χ2v) is 8.42. The molecule has 31 heavy (non-hydrogen) atoms. The lowest BCUT2D eigenvalue weighted by Gasteiger charge is -2.21. The molecule has 0 bridgehead atoms. The number of halogens is 3. The number of nitrogens with zero attached hydrogens (tertiary/aromatic N) is 4. The summed E-state index contributed by atoms with van der Waals surface area (Å²) >= 11 is 13.7. The Morgan fingerprint density at radius 3 is 2.81 bits per heavy atom. The van der Waals surface area contributed by atoms with Gasteiger partial charge in [-0.2, -0.15) is 0 Å². The molecule has 1 amide bonds. The van der Waals surface area contributed by atoms with Crippen LogP contribution < -0.4 is 9.64 Å². The zero-order valence-electron chi connectivity index (χ0n) is 16.4. The third-order valence-corrected chi connectivity index (χ3v) is 6.53. The van der Waals surface area contributed by atoms with E-state index < -0.39 is 11.7 Å². The number of carbonyl (C=O) groups is 1. The molecule has 0 radical (unpaired) electrons. The highest BCUT2D eigenvalue weighted by Gasteiger charge is 2.26. The van der Waals surface area contributed by atoms with Gasteiger partial charge in [0.15, 0.2) is 5.13 Å². The number of hydrogen-bond donors (Lipinski definition) is 0. The van der Waals surface area contributed by atoms with Gasteiger partial charge in [0.1, 0.15) is 17.1 Å². The van der Waals surface area contributed by atoms with Crippen LogP contribution in [-0.4, -0.2) is 34.1 Å². The molecule has 0 N–H and O–H groups in total. The summed E-state index contributed by atoms with van der Waals surface area (Å²) in [5.41, 5.74) is 0.353. The third kappa shape index (κ3) is 4.37. The molecule has 10 heteroatoms. The van der Waals surface area contributed by atoms with Crippen molar-refractivity contribution in [2.75, 3.05) is 18.6 Å². The smallest absolute Gasteiger partial charge is 0.264 e. The number of hydrogen-bond acceptors (Lipinski definition) is 5. The van der Waals surface area contributed by atoms with Crippen molar-refractivity contribution >= 4 is 55.8 Å². The van der Waals surface area contributed by atoms with Gasteiger partial charge < -0.3 is 9.30 Å². The van der Waals surface area contributed by atoms with E-state index in [1.54, 1.807) is 24.7 Å². The average Bonchev–Trinajstić information content (AvgIpc) is 3.42. The number of thiazole rings is 1. The van der Waals surface area contributed by atoms with Gasteiger partial charge in [-0.3, -0.25) is 9.69 Å². The fraction of sp³-hybridized carbons (Fsp3) is 0.190. The largest absolute Gasteiger partial charge is 0.494 e. The van der Waals surface area contributed by atoms with Crippen LogP contribution in [0.5, 0.6) is 5.75 Å². The first-order chi connectivity index (χ1) is 15.0. The summed E-state index contributed by atoms with van der Waals surface area (Å²) in [7, 11) is 1.54. The second-order valence-electron chi connectivity index (χ2n) is 6.63. The summed E-state index contributed by atoms with van der Waals surface area (Å²) in [4.78, 5) is 23.4. The number of anilines is 1. The minimum atomic E-state index is -0.686. The first-order valence-electron chi connectivity index (χ1n) is 9.34. The van der Waals surface area contributed by atoms with Crippen molar-refractivity contribution in [2.45, 2.75) is 13.0 Å². The van der Waals surface area contributed by atoms with Crippen LogP contribution in [0.1, 0.15) is 16.8 Å². The summed E-state index contributed by atoms with van der Waals surface area (Å²) in [6.07, 6.45) is 5.81. The Morgan fingerprint density at radius 2 is 2.10 bits per heavy atom. The Hall–Kier alpha value is -2.68. The number of methoxy groups -OCH3 is 1. The van der Waals surface area contributed by atoms with Gasteiger partial charge in [-0.25, -0.2) is 14.4 Å². The zero-order chi connectivity index (χ0) is 22.0. The molecule has 6 nitrogen and oxygen atoms in total. The van der Waals surface area contributed by atoms with Crippen LogP contribution in [0, 0.1) is 5.82 Å². The molecule has 160 valence electrons. The monoisotopic (exact) mass is 478 g/mol. The Kier molecular flexibility index (Phi) is 6.41. The van der Waals surface area contributed by atoms with Crippen LogP contribution in [-0.2, 0) is 6.54 Å². The summed E-state index contributed by atoms with van der Waals surface area (Å²) in [5.74, 6) is -0.714. The second kappa shape index (κ2) is 9.21. The van der Waals surface area contributed by atoms with Crippen molar-refractivity contribution in [3.05, 3.63) is 70.5 Å². The van der Waals surface area contributed by atoms with E-state index in [0.29, 0.717) is 45.6 Å². The molecule has 0 aliphatic heterocycles. The van der Waals surface area contributed by atoms with E-state index in [-0.39, 0.29) is 10.6 Å². The Bertz CT molecular complexity index is 1210. The number of rotatable bonds is 7. The van der Waals surface area contributed by atoms with Crippen molar-refractivity contribution in [1.29, 1.82) is 0 Å². The summed E-state index contributed by atoms with van der Waals surface area (Å²) in [5, 5.41) is 0.923. The molecular weight excluding hydrogens is 462 g/mol. The van der Waals surface area contributed by atoms with Crippen LogP contribution in [0.4, 0.5) is 9.52 Å². The Balaban J connectivity index is 1.74. The minimum Gasteiger partial charge on any atom is -0.494 e. The number of aryl methyl sites for hydroxylation is 1. The minimum absolute atomic E-state index is 0.0429. The fourth-order valence-corrected chi connectivity index (χ4v) is 4.70. The van der Waals surface area contributed by atoms with Gasteiger partial charge in [0.05, 0.1) is 33.7 Å². The fourth-order valence-electron chi connectivity index (χ4n) is 3.17. The highest BCUT2D eigenvalue weighted by molar-refractivity contribution is 7.23. The quantitative estimate of drug-likeness (QED) is 0.342. The summed E-state index contributed by atoms with van der Waals surface area (Å²) < 4.78 is 22.5. The normalized spacial score (nSPS) is 11.1. The molecule has 4 rings (SSSR count). The molecule has 2 heterocycles. The van der Waals surface area contributed by atoms with Crippen molar-refractivity contribution in [2.24, 2.45) is 0 Å². The summed E-state index contributed by atoms with van der Waals surface area (Å²) in [6, 6.07) is 7.58. The number of ether oxygens (including phenoxy) is 1. The molecule has 2 aromatic carbocycles. The molecule has 0 saturated carbocycles. The SMILES string of the molecule is COc1ccc(Cl)c2sc(N(CCCn3ccnc3)C(=O)c3c(F)cccc3Cl)nc12. The predicted octanol–water partition coefficient (Wildman–Crippen LogP) is 5.68. The maximum absolute atomic E-state index is 14.5. The molecule has 2 aromatic heterocycles. The highest BCUT2D eigenvalue weighted by Crippen LogP contribution is 2.39. The number of amides is 1. The van der Waals surface area contributed by atoms with E-state index >= 15 is 0 Å². The Morgan fingerprint density at radius 1 is 1.26 bits per heavy atom. The van der Waals surface area contributed by atoms with E-state index in [9.17, 15) is 9.18 Å². The average molecular weight is 479 g/mol. The molecule has 0 aliphatic carbocycles. The van der Waals surface area contributed by atoms with Gasteiger partial charge in [-0.1, -0.05) is 40.6 Å². The first kappa shape index (κ1) is 21.5. The van der Waals surface area contributed by atoms with Crippen LogP contribution in [0.2, 0.25) is 10.0 Å². The van der Waals surface area contributed by atoms with E-state index in [1.807, 2.05) is 10.8 Å². The van der Waals surface area contributed by atoms with E-state index in [1.165, 1.54) is 41.5 Å². The van der Waals surface area contributed by atoms with Gasteiger partial charge in [-0.15, -0.1) is 0 Å². The lowest BCUT2D eigenvalue weighted by molar-refractivity contribution is 0.0982. The number of fused-ring (bicyclic) bond motifs is 1. The van der Waals surface area contributed by atoms with Crippen LogP contribution in [0.15, 0.2) is 49.1 Å². The van der Waals surface area contributed by atoms with Crippen LogP contribution in [0.25, 0.3) is 10.2 Å². The number of carbonyl (C=O) groups excluding carboxylic acids is 1. The first-order valence-corrected chi connectivity index (χ1v) is 10.9. The van der Waals surface area contributed by atoms with Gasteiger partial charge in [0.25, 0.3) is 5.91 Å². The van der Waals surface area contributed by atoms with E-state index in [2.05, 4.69) is 9.97 Å². The van der Waals surface area contributed by atoms with Crippen molar-refractivity contribution < 1.29 is 13.9 Å². The van der Waals surface area contributed by atoms with Crippen molar-refractivity contribution in [3.63, 3.8) is 0 Å². The van der Waals surface area contributed by atoms with Gasteiger partial charge in [0.2, 0.25) is 0 Å². The maximum Gasteiger partial charge on any atom is 0.264 e.